The third-order valence-electron chi connectivity index (χ3n) is 2.07. The van der Waals surface area contributed by atoms with Crippen LogP contribution >= 0.6 is 0 Å². The van der Waals surface area contributed by atoms with Crippen LogP contribution in [0.1, 0.15) is 27.2 Å². The molecule has 2 atom stereocenters. The van der Waals surface area contributed by atoms with Crippen molar-refractivity contribution in [1.29, 1.82) is 0 Å². The lowest BCUT2D eigenvalue weighted by molar-refractivity contribution is -0.153. The van der Waals surface area contributed by atoms with Crippen molar-refractivity contribution in [2.45, 2.75) is 39.3 Å². The summed E-state index contributed by atoms with van der Waals surface area (Å²) in [5, 5.41) is 9.03. The smallest absolute Gasteiger partial charge is 0.328 e. The highest BCUT2D eigenvalue weighted by molar-refractivity contribution is 5.84. The number of likely N-dealkylation sites (N-methyl/N-ethyl adjacent to an activating group) is 1. The Kier molecular flexibility index (Phi) is 5.93. The minimum atomic E-state index is -0.700. The number of nitrogens with zero attached hydrogens (tertiary/aromatic N) is 1. The molecular weight excluding hydrogens is 198 g/mol. The molecule has 0 spiro atoms. The number of hydrogen-bond donors (Lipinski definition) is 1. The monoisotopic (exact) mass is 217 g/mol. The Morgan fingerprint density at radius 3 is 2.33 bits per heavy atom. The second kappa shape index (κ2) is 6.40. The molecule has 0 aliphatic carbocycles. The fraction of sp³-hybridized carbons (Fsp3) is 0.800. The van der Waals surface area contributed by atoms with Crippen molar-refractivity contribution in [3.05, 3.63) is 0 Å². The van der Waals surface area contributed by atoms with Crippen molar-refractivity contribution in [3.63, 3.8) is 0 Å². The van der Waals surface area contributed by atoms with E-state index in [4.69, 9.17) is 9.84 Å². The van der Waals surface area contributed by atoms with Crippen LogP contribution in [-0.2, 0) is 14.3 Å². The maximum atomic E-state index is 11.5. The average Bonchev–Trinajstić information content (AvgIpc) is 2.14. The lowest BCUT2D eigenvalue weighted by atomic mass is 10.2. The molecule has 0 heterocycles. The van der Waals surface area contributed by atoms with Crippen molar-refractivity contribution in [3.8, 4) is 0 Å². The Hall–Kier alpha value is -1.10. The van der Waals surface area contributed by atoms with Crippen LogP contribution in [0.15, 0.2) is 0 Å². The Balaban J connectivity index is 4.24. The van der Waals surface area contributed by atoms with Crippen molar-refractivity contribution >= 4 is 11.9 Å². The first-order chi connectivity index (χ1) is 6.90. The molecule has 0 fully saturated rings. The second-order valence-corrected chi connectivity index (χ2v) is 3.49. The Morgan fingerprint density at radius 2 is 1.93 bits per heavy atom. The zero-order chi connectivity index (χ0) is 12.0. The first kappa shape index (κ1) is 13.9. The van der Waals surface area contributed by atoms with Crippen molar-refractivity contribution < 1.29 is 19.4 Å². The van der Waals surface area contributed by atoms with E-state index in [1.165, 1.54) is 18.9 Å². The van der Waals surface area contributed by atoms with Gasteiger partial charge >= 0.3 is 5.97 Å². The summed E-state index contributed by atoms with van der Waals surface area (Å²) in [7, 11) is 1.52. The van der Waals surface area contributed by atoms with Crippen LogP contribution in [0.2, 0.25) is 0 Å². The molecule has 5 heteroatoms. The Bertz CT molecular complexity index is 227. The van der Waals surface area contributed by atoms with Gasteiger partial charge in [-0.3, -0.25) is 4.79 Å². The van der Waals surface area contributed by atoms with Gasteiger partial charge in [-0.15, -0.1) is 0 Å². The molecule has 0 aliphatic heterocycles. The highest BCUT2D eigenvalue weighted by atomic mass is 16.5. The molecule has 0 rings (SSSR count). The van der Waals surface area contributed by atoms with E-state index >= 15 is 0 Å². The summed E-state index contributed by atoms with van der Waals surface area (Å²) in [6, 6.07) is -0.615. The van der Waals surface area contributed by atoms with Gasteiger partial charge in [-0.25, -0.2) is 4.79 Å². The Labute approximate surface area is 90.0 Å². The van der Waals surface area contributed by atoms with Gasteiger partial charge in [0.2, 0.25) is 5.91 Å². The predicted octanol–water partition coefficient (Wildman–Crippen LogP) is 0.167. The molecule has 0 bridgehead atoms. The summed E-state index contributed by atoms with van der Waals surface area (Å²) < 4.78 is 4.78. The summed E-state index contributed by atoms with van der Waals surface area (Å²) in [6.45, 7) is 5.13. The van der Waals surface area contributed by atoms with Gasteiger partial charge in [-0.2, -0.15) is 0 Å². The summed E-state index contributed by atoms with van der Waals surface area (Å²) in [6.07, 6.45) is -0.686. The highest BCUT2D eigenvalue weighted by Crippen LogP contribution is 2.03. The molecule has 0 aliphatic rings. The number of rotatable bonds is 5. The molecule has 0 unspecified atom stereocenters. The molecule has 0 aromatic carbocycles. The number of ether oxygens (including phenoxy) is 1. The van der Waals surface area contributed by atoms with Gasteiger partial charge in [0.1, 0.15) is 6.04 Å². The molecule has 0 aromatic rings. The number of esters is 1. The predicted molar refractivity (Wildman–Crippen MR) is 55.2 cm³/mol. The SMILES string of the molecule is CCOC(=O)[C@H](C)N(C)C(=O)C[C@H](C)O. The number of hydrogen-bond acceptors (Lipinski definition) is 4. The van der Waals surface area contributed by atoms with E-state index in [1.54, 1.807) is 13.8 Å². The van der Waals surface area contributed by atoms with Crippen LogP contribution in [-0.4, -0.2) is 47.7 Å². The maximum Gasteiger partial charge on any atom is 0.328 e. The van der Waals surface area contributed by atoms with Crippen LogP contribution in [0, 0.1) is 0 Å². The fourth-order valence-corrected chi connectivity index (χ4v) is 1.03. The summed E-state index contributed by atoms with van der Waals surface area (Å²) in [5.74, 6) is -0.704. The van der Waals surface area contributed by atoms with E-state index in [2.05, 4.69) is 0 Å². The Morgan fingerprint density at radius 1 is 1.40 bits per heavy atom. The number of amides is 1. The molecule has 15 heavy (non-hydrogen) atoms. The minimum absolute atomic E-state index is 0.0141. The number of carbonyl (C=O) groups is 2. The number of aliphatic hydroxyl groups excluding tert-OH is 1. The van der Waals surface area contributed by atoms with E-state index in [-0.39, 0.29) is 12.3 Å². The standard InChI is InChI=1S/C10H19NO4/c1-5-15-10(14)8(3)11(4)9(13)6-7(2)12/h7-8,12H,5-6H2,1-4H3/t7-,8-/m0/s1. The van der Waals surface area contributed by atoms with Crippen LogP contribution in [0.5, 0.6) is 0 Å². The molecule has 1 amide bonds. The van der Waals surface area contributed by atoms with Gasteiger partial charge in [0, 0.05) is 7.05 Å². The molecule has 88 valence electrons. The lowest BCUT2D eigenvalue weighted by Crippen LogP contribution is -2.42. The number of carbonyl (C=O) groups excluding carboxylic acids is 2. The first-order valence-corrected chi connectivity index (χ1v) is 5.00. The molecule has 0 saturated heterocycles. The molecule has 0 saturated carbocycles. The van der Waals surface area contributed by atoms with E-state index in [0.29, 0.717) is 6.61 Å². The van der Waals surface area contributed by atoms with Crippen LogP contribution in [0.3, 0.4) is 0 Å². The largest absolute Gasteiger partial charge is 0.464 e. The van der Waals surface area contributed by atoms with E-state index in [0.717, 1.165) is 0 Å². The lowest BCUT2D eigenvalue weighted by Gasteiger charge is -2.23. The first-order valence-electron chi connectivity index (χ1n) is 5.00. The van der Waals surface area contributed by atoms with Gasteiger partial charge in [0.15, 0.2) is 0 Å². The second-order valence-electron chi connectivity index (χ2n) is 3.49. The normalized spacial score (nSPS) is 14.2. The van der Waals surface area contributed by atoms with Crippen molar-refractivity contribution in [2.75, 3.05) is 13.7 Å². The number of aliphatic hydroxyl groups is 1. The third kappa shape index (κ3) is 4.78. The van der Waals surface area contributed by atoms with Gasteiger partial charge in [0.05, 0.1) is 19.1 Å². The fourth-order valence-electron chi connectivity index (χ4n) is 1.03. The van der Waals surface area contributed by atoms with Crippen molar-refractivity contribution in [2.24, 2.45) is 0 Å². The molecule has 0 aromatic heterocycles. The zero-order valence-electron chi connectivity index (χ0n) is 9.69. The summed E-state index contributed by atoms with van der Waals surface area (Å²) in [5.41, 5.74) is 0. The van der Waals surface area contributed by atoms with Crippen LogP contribution < -0.4 is 0 Å². The van der Waals surface area contributed by atoms with Gasteiger partial charge in [0.25, 0.3) is 0 Å². The van der Waals surface area contributed by atoms with E-state index < -0.39 is 18.1 Å². The maximum absolute atomic E-state index is 11.5. The highest BCUT2D eigenvalue weighted by Gasteiger charge is 2.23. The third-order valence-corrected chi connectivity index (χ3v) is 2.07. The van der Waals surface area contributed by atoms with E-state index in [1.807, 2.05) is 0 Å². The minimum Gasteiger partial charge on any atom is -0.464 e. The molecule has 5 nitrogen and oxygen atoms in total. The summed E-state index contributed by atoms with van der Waals surface area (Å²) >= 11 is 0. The van der Waals surface area contributed by atoms with Gasteiger partial charge < -0.3 is 14.7 Å². The van der Waals surface area contributed by atoms with Gasteiger partial charge in [-0.05, 0) is 20.8 Å². The quantitative estimate of drug-likeness (QED) is 0.666. The average molecular weight is 217 g/mol. The molecule has 0 radical (unpaired) electrons. The van der Waals surface area contributed by atoms with E-state index in [9.17, 15) is 9.59 Å². The zero-order valence-corrected chi connectivity index (χ0v) is 9.69. The molecule has 1 N–H and O–H groups in total. The van der Waals surface area contributed by atoms with Crippen LogP contribution in [0.4, 0.5) is 0 Å². The van der Waals surface area contributed by atoms with Crippen molar-refractivity contribution in [1.82, 2.24) is 4.90 Å². The molecular formula is C10H19NO4. The summed E-state index contributed by atoms with van der Waals surface area (Å²) in [4.78, 5) is 24.0. The van der Waals surface area contributed by atoms with Gasteiger partial charge in [-0.1, -0.05) is 0 Å². The van der Waals surface area contributed by atoms with Crippen LogP contribution in [0.25, 0.3) is 0 Å². The topological polar surface area (TPSA) is 66.8 Å².